The first-order valence-electron chi connectivity index (χ1n) is 6.31. The van der Waals surface area contributed by atoms with Crippen molar-refractivity contribution in [3.63, 3.8) is 0 Å². The van der Waals surface area contributed by atoms with Gasteiger partial charge in [0.05, 0.1) is 6.61 Å². The van der Waals surface area contributed by atoms with E-state index in [1.54, 1.807) is 13.2 Å². The molecule has 2 amide bonds. The largest absolute Gasteiger partial charge is 0.480 e. The number of carbonyl (C=O) groups excluding carboxylic acids is 1. The third-order valence-electron chi connectivity index (χ3n) is 2.81. The number of urea groups is 1. The van der Waals surface area contributed by atoms with Crippen LogP contribution in [0.15, 0.2) is 12.7 Å². The highest BCUT2D eigenvalue weighted by atomic mass is 16.5. The summed E-state index contributed by atoms with van der Waals surface area (Å²) in [6, 6.07) is -0.421. The SMILES string of the molecule is C=CCN(CCOC)C(=O)NC(C)(CCC)C(=O)O. The number of hydrogen-bond acceptors (Lipinski definition) is 3. The topological polar surface area (TPSA) is 78.9 Å². The van der Waals surface area contributed by atoms with Gasteiger partial charge in [-0.05, 0) is 13.3 Å². The number of methoxy groups -OCH3 is 1. The Morgan fingerprint density at radius 3 is 2.58 bits per heavy atom. The molecule has 0 aliphatic carbocycles. The molecule has 0 aromatic rings. The molecule has 6 heteroatoms. The fourth-order valence-electron chi connectivity index (χ4n) is 1.67. The second-order valence-electron chi connectivity index (χ2n) is 4.54. The van der Waals surface area contributed by atoms with Crippen molar-refractivity contribution in [1.82, 2.24) is 10.2 Å². The Kier molecular flexibility index (Phi) is 7.83. The van der Waals surface area contributed by atoms with E-state index in [9.17, 15) is 14.7 Å². The van der Waals surface area contributed by atoms with Gasteiger partial charge in [-0.3, -0.25) is 0 Å². The number of carboxylic acid groups (broad SMARTS) is 1. The lowest BCUT2D eigenvalue weighted by molar-refractivity contribution is -0.144. The molecule has 0 saturated heterocycles. The number of hydrogen-bond donors (Lipinski definition) is 2. The highest BCUT2D eigenvalue weighted by Gasteiger charge is 2.34. The minimum Gasteiger partial charge on any atom is -0.480 e. The lowest BCUT2D eigenvalue weighted by atomic mass is 9.96. The summed E-state index contributed by atoms with van der Waals surface area (Å²) in [5.41, 5.74) is -1.25. The molecule has 0 spiro atoms. The van der Waals surface area contributed by atoms with Crippen molar-refractivity contribution >= 4 is 12.0 Å². The molecule has 0 radical (unpaired) electrons. The quantitative estimate of drug-likeness (QED) is 0.623. The molecule has 19 heavy (non-hydrogen) atoms. The predicted octanol–water partition coefficient (Wildman–Crippen LogP) is 1.47. The van der Waals surface area contributed by atoms with Gasteiger partial charge in [0, 0.05) is 20.2 Å². The van der Waals surface area contributed by atoms with Gasteiger partial charge >= 0.3 is 12.0 Å². The van der Waals surface area contributed by atoms with Crippen LogP contribution in [0.1, 0.15) is 26.7 Å². The molecule has 0 bridgehead atoms. The van der Waals surface area contributed by atoms with Gasteiger partial charge in [0.25, 0.3) is 0 Å². The summed E-state index contributed by atoms with van der Waals surface area (Å²) in [5.74, 6) is -1.03. The van der Waals surface area contributed by atoms with Crippen molar-refractivity contribution < 1.29 is 19.4 Å². The second-order valence-corrected chi connectivity index (χ2v) is 4.54. The molecule has 1 atom stereocenters. The van der Waals surface area contributed by atoms with E-state index in [1.165, 1.54) is 11.8 Å². The van der Waals surface area contributed by atoms with E-state index in [1.807, 2.05) is 6.92 Å². The Morgan fingerprint density at radius 1 is 1.53 bits per heavy atom. The van der Waals surface area contributed by atoms with Gasteiger partial charge < -0.3 is 20.1 Å². The van der Waals surface area contributed by atoms with Crippen LogP contribution in [0, 0.1) is 0 Å². The van der Waals surface area contributed by atoms with E-state index in [0.717, 1.165) is 0 Å². The van der Waals surface area contributed by atoms with Gasteiger partial charge in [0.15, 0.2) is 0 Å². The van der Waals surface area contributed by atoms with E-state index in [4.69, 9.17) is 4.74 Å². The number of ether oxygens (including phenoxy) is 1. The average Bonchev–Trinajstić information content (AvgIpc) is 2.34. The number of carboxylic acids is 1. The van der Waals surface area contributed by atoms with E-state index in [2.05, 4.69) is 11.9 Å². The number of nitrogens with zero attached hydrogens (tertiary/aromatic N) is 1. The predicted molar refractivity (Wildman–Crippen MR) is 73.1 cm³/mol. The molecular formula is C13H24N2O4. The minimum atomic E-state index is -1.25. The molecule has 0 saturated carbocycles. The van der Waals surface area contributed by atoms with Crippen molar-refractivity contribution in [3.05, 3.63) is 12.7 Å². The molecule has 1 unspecified atom stereocenters. The van der Waals surface area contributed by atoms with Crippen LogP contribution in [0.3, 0.4) is 0 Å². The summed E-state index contributed by atoms with van der Waals surface area (Å²) in [7, 11) is 1.54. The Bertz CT molecular complexity index is 320. The number of nitrogens with one attached hydrogen (secondary N) is 1. The smallest absolute Gasteiger partial charge is 0.329 e. The average molecular weight is 272 g/mol. The van der Waals surface area contributed by atoms with Crippen LogP contribution in [0.2, 0.25) is 0 Å². The maximum Gasteiger partial charge on any atom is 0.329 e. The Hall–Kier alpha value is -1.56. The molecule has 0 aromatic carbocycles. The third kappa shape index (κ3) is 5.74. The van der Waals surface area contributed by atoms with Crippen LogP contribution in [0.4, 0.5) is 4.79 Å². The number of carbonyl (C=O) groups is 2. The minimum absolute atomic E-state index is 0.344. The van der Waals surface area contributed by atoms with Crippen LogP contribution in [0.5, 0.6) is 0 Å². The highest BCUT2D eigenvalue weighted by Crippen LogP contribution is 2.13. The van der Waals surface area contributed by atoms with Gasteiger partial charge in [0.1, 0.15) is 5.54 Å². The van der Waals surface area contributed by atoms with Gasteiger partial charge in [0.2, 0.25) is 0 Å². The van der Waals surface area contributed by atoms with Crippen LogP contribution in [0.25, 0.3) is 0 Å². The zero-order valence-electron chi connectivity index (χ0n) is 11.9. The van der Waals surface area contributed by atoms with Crippen LogP contribution < -0.4 is 5.32 Å². The van der Waals surface area contributed by atoms with E-state index >= 15 is 0 Å². The first-order valence-corrected chi connectivity index (χ1v) is 6.31. The van der Waals surface area contributed by atoms with Crippen LogP contribution >= 0.6 is 0 Å². The summed E-state index contributed by atoms with van der Waals surface area (Å²) in [5, 5.41) is 11.8. The number of rotatable bonds is 9. The van der Waals surface area contributed by atoms with Crippen molar-refractivity contribution in [2.24, 2.45) is 0 Å². The lowest BCUT2D eigenvalue weighted by Crippen LogP contribution is -2.56. The van der Waals surface area contributed by atoms with E-state index in [0.29, 0.717) is 32.5 Å². The first kappa shape index (κ1) is 17.4. The van der Waals surface area contributed by atoms with Crippen molar-refractivity contribution in [1.29, 1.82) is 0 Å². The van der Waals surface area contributed by atoms with Gasteiger partial charge in [-0.1, -0.05) is 19.4 Å². The number of aliphatic carboxylic acids is 1. The Labute approximate surface area is 114 Å². The van der Waals surface area contributed by atoms with Crippen LogP contribution in [-0.2, 0) is 9.53 Å². The summed E-state index contributed by atoms with van der Waals surface area (Å²) in [6.07, 6.45) is 2.63. The standard InChI is InChI=1S/C13H24N2O4/c1-5-7-13(3,11(16)17)14-12(18)15(8-6-2)9-10-19-4/h6H,2,5,7-10H2,1,3-4H3,(H,14,18)(H,16,17). The molecule has 6 nitrogen and oxygen atoms in total. The summed E-state index contributed by atoms with van der Waals surface area (Å²) < 4.78 is 4.92. The zero-order valence-corrected chi connectivity index (χ0v) is 11.9. The molecule has 0 rings (SSSR count). The lowest BCUT2D eigenvalue weighted by Gasteiger charge is -2.30. The Morgan fingerprint density at radius 2 is 2.16 bits per heavy atom. The number of amides is 2. The fraction of sp³-hybridized carbons (Fsp3) is 0.692. The zero-order chi connectivity index (χ0) is 14.9. The molecule has 0 aromatic heterocycles. The fourth-order valence-corrected chi connectivity index (χ4v) is 1.67. The molecule has 0 aliphatic rings. The summed E-state index contributed by atoms with van der Waals surface area (Å²) in [6.45, 7) is 8.08. The van der Waals surface area contributed by atoms with E-state index in [-0.39, 0.29) is 0 Å². The maximum atomic E-state index is 12.1. The monoisotopic (exact) mass is 272 g/mol. The van der Waals surface area contributed by atoms with Crippen molar-refractivity contribution in [2.45, 2.75) is 32.2 Å². The molecule has 0 heterocycles. The molecule has 0 aliphatic heterocycles. The Balaban J connectivity index is 4.74. The molecular weight excluding hydrogens is 248 g/mol. The van der Waals surface area contributed by atoms with Gasteiger partial charge in [-0.2, -0.15) is 0 Å². The molecule has 110 valence electrons. The van der Waals surface area contributed by atoms with Crippen molar-refractivity contribution in [2.75, 3.05) is 26.8 Å². The van der Waals surface area contributed by atoms with Gasteiger partial charge in [-0.25, -0.2) is 9.59 Å². The van der Waals surface area contributed by atoms with Crippen LogP contribution in [-0.4, -0.2) is 54.4 Å². The molecule has 2 N–H and O–H groups in total. The summed E-state index contributed by atoms with van der Waals surface area (Å²) in [4.78, 5) is 24.8. The third-order valence-corrected chi connectivity index (χ3v) is 2.81. The normalized spacial score (nSPS) is 13.4. The first-order chi connectivity index (χ1) is 8.91. The second kappa shape index (κ2) is 8.53. The van der Waals surface area contributed by atoms with Gasteiger partial charge in [-0.15, -0.1) is 6.58 Å². The highest BCUT2D eigenvalue weighted by molar-refractivity contribution is 5.85. The maximum absolute atomic E-state index is 12.1. The van der Waals surface area contributed by atoms with Crippen molar-refractivity contribution in [3.8, 4) is 0 Å². The van der Waals surface area contributed by atoms with E-state index < -0.39 is 17.5 Å². The summed E-state index contributed by atoms with van der Waals surface area (Å²) >= 11 is 0. The molecule has 0 fully saturated rings.